The van der Waals surface area contributed by atoms with Crippen molar-refractivity contribution < 1.29 is 9.90 Å². The zero-order chi connectivity index (χ0) is 13.1. The van der Waals surface area contributed by atoms with Gasteiger partial charge in [0.25, 0.3) is 5.91 Å². The van der Waals surface area contributed by atoms with Crippen molar-refractivity contribution in [3.05, 3.63) is 23.5 Å². The number of aryl methyl sites for hydroxylation is 1. The van der Waals surface area contributed by atoms with Crippen LogP contribution in [0.2, 0.25) is 0 Å². The van der Waals surface area contributed by atoms with Gasteiger partial charge in [-0.3, -0.25) is 4.79 Å². The second-order valence-electron chi connectivity index (χ2n) is 5.19. The van der Waals surface area contributed by atoms with Crippen molar-refractivity contribution in [1.29, 1.82) is 0 Å². The summed E-state index contributed by atoms with van der Waals surface area (Å²) < 4.78 is 1.94. The summed E-state index contributed by atoms with van der Waals surface area (Å²) in [5, 5.41) is 9.00. The van der Waals surface area contributed by atoms with Gasteiger partial charge in [0.1, 0.15) is 5.69 Å². The number of amides is 1. The highest BCUT2D eigenvalue weighted by molar-refractivity contribution is 5.93. The third-order valence-electron chi connectivity index (χ3n) is 3.94. The number of rotatable bonds is 3. The zero-order valence-electron chi connectivity index (χ0n) is 11.2. The van der Waals surface area contributed by atoms with Gasteiger partial charge in [-0.25, -0.2) is 0 Å². The van der Waals surface area contributed by atoms with Gasteiger partial charge in [-0.2, -0.15) is 0 Å². The number of aliphatic hydroxyl groups is 1. The molecule has 4 heteroatoms. The summed E-state index contributed by atoms with van der Waals surface area (Å²) in [5.74, 6) is 0.572. The fourth-order valence-electron chi connectivity index (χ4n) is 2.66. The number of piperidine rings is 1. The maximum Gasteiger partial charge on any atom is 0.270 e. The highest BCUT2D eigenvalue weighted by Crippen LogP contribution is 2.21. The predicted molar refractivity (Wildman–Crippen MR) is 70.5 cm³/mol. The van der Waals surface area contributed by atoms with E-state index in [1.54, 1.807) is 0 Å². The van der Waals surface area contributed by atoms with Crippen LogP contribution in [0, 0.1) is 12.8 Å². The highest BCUT2D eigenvalue weighted by Gasteiger charge is 2.25. The Labute approximate surface area is 108 Å². The van der Waals surface area contributed by atoms with E-state index in [-0.39, 0.29) is 12.5 Å². The lowest BCUT2D eigenvalue weighted by molar-refractivity contribution is 0.0644. The van der Waals surface area contributed by atoms with Gasteiger partial charge >= 0.3 is 0 Å². The van der Waals surface area contributed by atoms with E-state index in [9.17, 15) is 4.79 Å². The zero-order valence-corrected chi connectivity index (χ0v) is 11.2. The summed E-state index contributed by atoms with van der Waals surface area (Å²) in [5.41, 5.74) is 1.86. The Kier molecular flexibility index (Phi) is 4.07. The molecule has 1 aromatic rings. The maximum absolute atomic E-state index is 12.4. The molecule has 1 fully saturated rings. The van der Waals surface area contributed by atoms with E-state index in [1.165, 1.54) is 0 Å². The topological polar surface area (TPSA) is 45.5 Å². The molecule has 0 aliphatic carbocycles. The quantitative estimate of drug-likeness (QED) is 0.885. The minimum Gasteiger partial charge on any atom is -0.396 e. The SMILES string of the molecule is Cc1ccc(C(=O)N2CCCC(CCO)C2)n1C. The molecule has 4 nitrogen and oxygen atoms in total. The second-order valence-corrected chi connectivity index (χ2v) is 5.19. The van der Waals surface area contributed by atoms with E-state index in [0.29, 0.717) is 5.92 Å². The van der Waals surface area contributed by atoms with E-state index in [1.807, 2.05) is 35.6 Å². The summed E-state index contributed by atoms with van der Waals surface area (Å²) in [4.78, 5) is 14.4. The first-order valence-electron chi connectivity index (χ1n) is 6.66. The summed E-state index contributed by atoms with van der Waals surface area (Å²) >= 11 is 0. The Bertz CT molecular complexity index is 423. The number of carbonyl (C=O) groups excluding carboxylic acids is 1. The third-order valence-corrected chi connectivity index (χ3v) is 3.94. The number of likely N-dealkylation sites (tertiary alicyclic amines) is 1. The van der Waals surface area contributed by atoms with Crippen molar-refractivity contribution in [2.45, 2.75) is 26.2 Å². The molecule has 2 heterocycles. The van der Waals surface area contributed by atoms with Crippen LogP contribution in [0.5, 0.6) is 0 Å². The van der Waals surface area contributed by atoms with E-state index in [0.717, 1.165) is 43.7 Å². The number of aromatic nitrogens is 1. The van der Waals surface area contributed by atoms with Gasteiger partial charge in [-0.15, -0.1) is 0 Å². The largest absolute Gasteiger partial charge is 0.396 e. The molecular formula is C14H22N2O2. The Hall–Kier alpha value is -1.29. The molecule has 1 unspecified atom stereocenters. The monoisotopic (exact) mass is 250 g/mol. The van der Waals surface area contributed by atoms with Crippen molar-refractivity contribution in [3.63, 3.8) is 0 Å². The number of carbonyl (C=O) groups is 1. The molecule has 2 rings (SSSR count). The minimum absolute atomic E-state index is 0.119. The summed E-state index contributed by atoms with van der Waals surface area (Å²) in [6.45, 7) is 3.84. The second kappa shape index (κ2) is 5.57. The predicted octanol–water partition coefficient (Wildman–Crippen LogP) is 1.57. The van der Waals surface area contributed by atoms with Crippen LogP contribution in [0.1, 0.15) is 35.4 Å². The Morgan fingerprint density at radius 3 is 2.89 bits per heavy atom. The average Bonchev–Trinajstić information content (AvgIpc) is 2.70. The van der Waals surface area contributed by atoms with Crippen LogP contribution in [-0.4, -0.2) is 40.2 Å². The number of aliphatic hydroxyl groups excluding tert-OH is 1. The Morgan fingerprint density at radius 2 is 2.28 bits per heavy atom. The number of hydrogen-bond acceptors (Lipinski definition) is 2. The van der Waals surface area contributed by atoms with Gasteiger partial charge in [-0.1, -0.05) is 0 Å². The molecule has 100 valence electrons. The minimum atomic E-state index is 0.119. The van der Waals surface area contributed by atoms with E-state index >= 15 is 0 Å². The standard InChI is InChI=1S/C14H22N2O2/c1-11-5-6-13(15(11)2)14(18)16-8-3-4-12(10-16)7-9-17/h5-6,12,17H,3-4,7-10H2,1-2H3. The Balaban J connectivity index is 2.07. The molecule has 0 spiro atoms. The average molecular weight is 250 g/mol. The summed E-state index contributed by atoms with van der Waals surface area (Å²) in [6, 6.07) is 3.87. The molecule has 0 saturated carbocycles. The van der Waals surface area contributed by atoms with E-state index < -0.39 is 0 Å². The van der Waals surface area contributed by atoms with E-state index in [2.05, 4.69) is 0 Å². The molecule has 1 aromatic heterocycles. The molecule has 0 radical (unpaired) electrons. The van der Waals surface area contributed by atoms with Crippen LogP contribution in [0.25, 0.3) is 0 Å². The summed E-state index contributed by atoms with van der Waals surface area (Å²) in [7, 11) is 1.93. The van der Waals surface area contributed by atoms with Crippen LogP contribution >= 0.6 is 0 Å². The van der Waals surface area contributed by atoms with Crippen LogP contribution in [-0.2, 0) is 7.05 Å². The van der Waals surface area contributed by atoms with Crippen molar-refractivity contribution in [2.24, 2.45) is 13.0 Å². The Morgan fingerprint density at radius 1 is 1.50 bits per heavy atom. The van der Waals surface area contributed by atoms with Crippen LogP contribution in [0.4, 0.5) is 0 Å². The molecule has 0 bridgehead atoms. The molecule has 0 aromatic carbocycles. The molecule has 18 heavy (non-hydrogen) atoms. The van der Waals surface area contributed by atoms with Crippen molar-refractivity contribution in [1.82, 2.24) is 9.47 Å². The maximum atomic E-state index is 12.4. The lowest BCUT2D eigenvalue weighted by Gasteiger charge is -2.32. The molecular weight excluding hydrogens is 228 g/mol. The molecule has 1 atom stereocenters. The van der Waals surface area contributed by atoms with Gasteiger partial charge in [0.2, 0.25) is 0 Å². The lowest BCUT2D eigenvalue weighted by atomic mass is 9.95. The van der Waals surface area contributed by atoms with Gasteiger partial charge in [0, 0.05) is 32.4 Å². The van der Waals surface area contributed by atoms with Crippen LogP contribution in [0.15, 0.2) is 12.1 Å². The molecule has 1 aliphatic rings. The van der Waals surface area contributed by atoms with Gasteiger partial charge < -0.3 is 14.6 Å². The first kappa shape index (κ1) is 13.1. The number of nitrogens with zero attached hydrogens (tertiary/aromatic N) is 2. The van der Waals surface area contributed by atoms with Gasteiger partial charge in [0.05, 0.1) is 0 Å². The molecule has 1 N–H and O–H groups in total. The van der Waals surface area contributed by atoms with Crippen LogP contribution < -0.4 is 0 Å². The number of hydrogen-bond donors (Lipinski definition) is 1. The fourth-order valence-corrected chi connectivity index (χ4v) is 2.66. The smallest absolute Gasteiger partial charge is 0.270 e. The first-order valence-corrected chi connectivity index (χ1v) is 6.66. The molecule has 1 amide bonds. The van der Waals surface area contributed by atoms with Crippen molar-refractivity contribution in [2.75, 3.05) is 19.7 Å². The molecule has 1 aliphatic heterocycles. The highest BCUT2D eigenvalue weighted by atomic mass is 16.3. The van der Waals surface area contributed by atoms with Crippen molar-refractivity contribution >= 4 is 5.91 Å². The van der Waals surface area contributed by atoms with Crippen molar-refractivity contribution in [3.8, 4) is 0 Å². The van der Waals surface area contributed by atoms with Crippen LogP contribution in [0.3, 0.4) is 0 Å². The van der Waals surface area contributed by atoms with Gasteiger partial charge in [-0.05, 0) is 44.2 Å². The fraction of sp³-hybridized carbons (Fsp3) is 0.643. The third kappa shape index (κ3) is 2.58. The molecule has 1 saturated heterocycles. The van der Waals surface area contributed by atoms with E-state index in [4.69, 9.17) is 5.11 Å². The summed E-state index contributed by atoms with van der Waals surface area (Å²) in [6.07, 6.45) is 2.96. The normalized spacial score (nSPS) is 20.2. The first-order chi connectivity index (χ1) is 8.63. The lowest BCUT2D eigenvalue weighted by Crippen LogP contribution is -2.40. The van der Waals surface area contributed by atoms with Gasteiger partial charge in [0.15, 0.2) is 0 Å².